The molecule has 0 aromatic heterocycles. The van der Waals surface area contributed by atoms with Crippen molar-refractivity contribution in [3.05, 3.63) is 85.1 Å². The van der Waals surface area contributed by atoms with Crippen molar-refractivity contribution in [3.63, 3.8) is 0 Å². The molecule has 0 amide bonds. The van der Waals surface area contributed by atoms with E-state index in [2.05, 4.69) is 37.6 Å². The summed E-state index contributed by atoms with van der Waals surface area (Å²) >= 11 is 0. The summed E-state index contributed by atoms with van der Waals surface area (Å²) < 4.78 is 48.9. The van der Waals surface area contributed by atoms with Gasteiger partial charge >= 0.3 is 0 Å². The third kappa shape index (κ3) is 14.5. The molecular formula is C33H50F2N2O2S. The Labute approximate surface area is 242 Å². The van der Waals surface area contributed by atoms with E-state index < -0.39 is 9.84 Å². The Kier molecular flexibility index (Phi) is 19.4. The van der Waals surface area contributed by atoms with Crippen LogP contribution < -0.4 is 5.32 Å². The zero-order valence-corrected chi connectivity index (χ0v) is 26.3. The Morgan fingerprint density at radius 2 is 1.68 bits per heavy atom. The molecule has 0 bridgehead atoms. The third-order valence-electron chi connectivity index (χ3n) is 6.10. The number of nitrogens with zero attached hydrogens (tertiary/aromatic N) is 1. The molecule has 40 heavy (non-hydrogen) atoms. The van der Waals surface area contributed by atoms with Gasteiger partial charge in [-0.15, -0.1) is 0 Å². The average Bonchev–Trinajstić information content (AvgIpc) is 2.93. The van der Waals surface area contributed by atoms with E-state index in [1.165, 1.54) is 31.2 Å². The first-order valence-electron chi connectivity index (χ1n) is 14.2. The minimum absolute atomic E-state index is 0.234. The molecule has 0 fully saturated rings. The van der Waals surface area contributed by atoms with Gasteiger partial charge in [0.15, 0.2) is 9.84 Å². The van der Waals surface area contributed by atoms with Gasteiger partial charge in [-0.1, -0.05) is 83.9 Å². The first-order valence-corrected chi connectivity index (χ1v) is 16.0. The minimum atomic E-state index is -3.36. The van der Waals surface area contributed by atoms with Crippen molar-refractivity contribution in [3.8, 4) is 11.1 Å². The Bertz CT molecular complexity index is 1140. The molecule has 1 atom stereocenters. The number of hydrogen-bond donors (Lipinski definition) is 1. The number of unbranched alkanes of at least 4 members (excludes halogenated alkanes) is 1. The van der Waals surface area contributed by atoms with Crippen LogP contribution in [-0.2, 0) is 9.84 Å². The smallest absolute Gasteiger partial charge is 0.175 e. The number of hydrogen-bond acceptors (Lipinski definition) is 4. The fourth-order valence-corrected chi connectivity index (χ4v) is 4.25. The molecule has 2 rings (SSSR count). The van der Waals surface area contributed by atoms with Crippen LogP contribution in [0.3, 0.4) is 0 Å². The van der Waals surface area contributed by atoms with Gasteiger partial charge in [-0.3, -0.25) is 0 Å². The van der Waals surface area contributed by atoms with E-state index in [1.807, 2.05) is 33.0 Å². The molecule has 7 heteroatoms. The number of allylic oxidation sites excluding steroid dienone is 2. The van der Waals surface area contributed by atoms with Crippen LogP contribution in [0.4, 0.5) is 8.78 Å². The fraction of sp³-hybridized carbons (Fsp3) is 0.455. The summed E-state index contributed by atoms with van der Waals surface area (Å²) in [6.45, 7) is 18.8. The van der Waals surface area contributed by atoms with Gasteiger partial charge in [-0.05, 0) is 67.8 Å². The van der Waals surface area contributed by atoms with Crippen LogP contribution in [-0.4, -0.2) is 39.2 Å². The van der Waals surface area contributed by atoms with Crippen LogP contribution in [0.1, 0.15) is 72.8 Å². The predicted octanol–water partition coefficient (Wildman–Crippen LogP) is 9.02. The number of nitrogens with one attached hydrogen (secondary N) is 1. The highest BCUT2D eigenvalue weighted by Gasteiger charge is 2.17. The van der Waals surface area contributed by atoms with Crippen molar-refractivity contribution >= 4 is 15.5 Å². The normalized spacial score (nSPS) is 11.8. The van der Waals surface area contributed by atoms with Gasteiger partial charge < -0.3 is 10.2 Å². The molecule has 0 aliphatic heterocycles. The minimum Gasteiger partial charge on any atom is -0.389 e. The lowest BCUT2D eigenvalue weighted by atomic mass is 9.97. The van der Waals surface area contributed by atoms with Crippen LogP contribution in [0, 0.1) is 11.7 Å². The first kappa shape index (κ1) is 37.1. The molecular weight excluding hydrogens is 526 g/mol. The van der Waals surface area contributed by atoms with Crippen LogP contribution in [0.2, 0.25) is 0 Å². The molecule has 0 radical (unpaired) electrons. The van der Waals surface area contributed by atoms with Crippen LogP contribution in [0.5, 0.6) is 0 Å². The monoisotopic (exact) mass is 576 g/mol. The van der Waals surface area contributed by atoms with Crippen molar-refractivity contribution < 1.29 is 17.2 Å². The van der Waals surface area contributed by atoms with Gasteiger partial charge in [0.05, 0.1) is 11.2 Å². The maximum atomic E-state index is 13.3. The number of likely N-dealkylation sites (N-methyl/N-ethyl adjacent to an activating group) is 1. The van der Waals surface area contributed by atoms with E-state index in [0.29, 0.717) is 18.8 Å². The Morgan fingerprint density at radius 1 is 1.05 bits per heavy atom. The molecule has 1 N–H and O–H groups in total. The van der Waals surface area contributed by atoms with Gasteiger partial charge in [0.2, 0.25) is 0 Å². The van der Waals surface area contributed by atoms with Crippen LogP contribution >= 0.6 is 0 Å². The van der Waals surface area contributed by atoms with Gasteiger partial charge in [0, 0.05) is 37.2 Å². The first-order chi connectivity index (χ1) is 19.0. The largest absolute Gasteiger partial charge is 0.389 e. The van der Waals surface area contributed by atoms with Gasteiger partial charge in [-0.25, -0.2) is 17.2 Å². The number of sulfone groups is 1. The van der Waals surface area contributed by atoms with Gasteiger partial charge in [0.1, 0.15) is 5.82 Å². The zero-order valence-electron chi connectivity index (χ0n) is 25.5. The van der Waals surface area contributed by atoms with Crippen molar-refractivity contribution in [2.45, 2.75) is 72.1 Å². The molecule has 0 heterocycles. The summed E-state index contributed by atoms with van der Waals surface area (Å²) in [5.74, 6) is 0.0899. The molecule has 0 saturated carbocycles. The second-order valence-electron chi connectivity index (χ2n) is 9.55. The van der Waals surface area contributed by atoms with E-state index in [9.17, 15) is 17.2 Å². The number of benzene rings is 2. The number of halogens is 2. The molecule has 224 valence electrons. The molecule has 0 aliphatic carbocycles. The summed E-state index contributed by atoms with van der Waals surface area (Å²) in [5.41, 5.74) is 3.08. The molecule has 4 nitrogen and oxygen atoms in total. The second kappa shape index (κ2) is 20.9. The van der Waals surface area contributed by atoms with Crippen LogP contribution in [0.15, 0.2) is 78.6 Å². The predicted molar refractivity (Wildman–Crippen MR) is 169 cm³/mol. The van der Waals surface area contributed by atoms with Crippen molar-refractivity contribution in [2.24, 2.45) is 5.92 Å². The van der Waals surface area contributed by atoms with Crippen molar-refractivity contribution in [2.75, 3.05) is 25.9 Å². The highest BCUT2D eigenvalue weighted by Crippen LogP contribution is 2.32. The zero-order chi connectivity index (χ0) is 30.6. The van der Waals surface area contributed by atoms with Crippen molar-refractivity contribution in [1.82, 2.24) is 10.2 Å². The molecule has 2 aromatic rings. The van der Waals surface area contributed by atoms with E-state index in [0.717, 1.165) is 48.3 Å². The third-order valence-corrected chi connectivity index (χ3v) is 7.21. The fourth-order valence-electron chi connectivity index (χ4n) is 3.60. The Morgan fingerprint density at radius 3 is 2.15 bits per heavy atom. The average molecular weight is 577 g/mol. The SMILES string of the molecule is C=C(c1cc(S(C)(=O)=O)ccc1-c1ccc(F)cc1)N(CC)CCN/C=C/C.CCCC.CCCC(C)/C=C/F. The molecule has 0 saturated heterocycles. The summed E-state index contributed by atoms with van der Waals surface area (Å²) in [4.78, 5) is 2.32. The summed E-state index contributed by atoms with van der Waals surface area (Å²) in [6.07, 6.45) is 12.1. The van der Waals surface area contributed by atoms with E-state index in [-0.39, 0.29) is 10.7 Å². The van der Waals surface area contributed by atoms with Crippen molar-refractivity contribution in [1.29, 1.82) is 0 Å². The topological polar surface area (TPSA) is 49.4 Å². The van der Waals surface area contributed by atoms with Gasteiger partial charge in [-0.2, -0.15) is 0 Å². The van der Waals surface area contributed by atoms with E-state index in [1.54, 1.807) is 36.4 Å². The highest BCUT2D eigenvalue weighted by atomic mass is 32.2. The maximum Gasteiger partial charge on any atom is 0.175 e. The van der Waals surface area contributed by atoms with Crippen LogP contribution in [0.25, 0.3) is 16.8 Å². The number of rotatable bonds is 13. The second-order valence-corrected chi connectivity index (χ2v) is 11.6. The summed E-state index contributed by atoms with van der Waals surface area (Å²) in [6, 6.07) is 11.1. The highest BCUT2D eigenvalue weighted by molar-refractivity contribution is 7.90. The lowest BCUT2D eigenvalue weighted by Gasteiger charge is -2.27. The van der Waals surface area contributed by atoms with Gasteiger partial charge in [0.25, 0.3) is 0 Å². The standard InChI is InChI=1S/C22H27FN2O2S.C7H13F.C4H10/c1-5-13-24-14-15-25(6-2)17(3)22-16-20(28(4,26)27)11-12-21(22)18-7-9-19(23)10-8-18;1-3-4-7(2)5-6-8;1-3-4-2/h5,7-13,16,24H,3,6,14-15H2,1-2,4H3;5-7H,3-4H2,1-2H3;3-4H2,1-2H3/b13-5+;6-5+;. The molecule has 2 aromatic carbocycles. The Balaban J connectivity index is 0.00000106. The molecule has 0 spiro atoms. The summed E-state index contributed by atoms with van der Waals surface area (Å²) in [5, 5.41) is 3.19. The quantitative estimate of drug-likeness (QED) is 0.242. The molecule has 1 unspecified atom stereocenters. The Hall–Kier alpha value is -2.93. The van der Waals surface area contributed by atoms with E-state index in [4.69, 9.17) is 0 Å². The van der Waals surface area contributed by atoms with E-state index >= 15 is 0 Å². The summed E-state index contributed by atoms with van der Waals surface area (Å²) in [7, 11) is -3.36. The maximum absolute atomic E-state index is 13.3. The lowest BCUT2D eigenvalue weighted by molar-refractivity contribution is 0.420. The lowest BCUT2D eigenvalue weighted by Crippen LogP contribution is -2.29. The molecule has 0 aliphatic rings.